The van der Waals surface area contributed by atoms with Crippen molar-refractivity contribution in [2.75, 3.05) is 11.9 Å². The van der Waals surface area contributed by atoms with E-state index in [0.29, 0.717) is 0 Å². The Morgan fingerprint density at radius 1 is 1.47 bits per heavy atom. The maximum Gasteiger partial charge on any atom is 0.143 e. The Bertz CT molecular complexity index is 391. The summed E-state index contributed by atoms with van der Waals surface area (Å²) in [5, 5.41) is 11.7. The van der Waals surface area contributed by atoms with Gasteiger partial charge in [-0.25, -0.2) is 4.39 Å². The van der Waals surface area contributed by atoms with Crippen molar-refractivity contribution in [1.29, 1.82) is 5.26 Å². The average molecular weight is 204 g/mol. The molecule has 0 radical (unpaired) electrons. The fourth-order valence-corrected chi connectivity index (χ4v) is 1.54. The average Bonchev–Trinajstić information content (AvgIpc) is 3.02. The predicted octanol–water partition coefficient (Wildman–Crippen LogP) is 2.91. The van der Waals surface area contributed by atoms with E-state index >= 15 is 0 Å². The van der Waals surface area contributed by atoms with Crippen LogP contribution in [0.15, 0.2) is 18.2 Å². The van der Waals surface area contributed by atoms with Crippen LogP contribution in [-0.2, 0) is 0 Å². The Kier molecular flexibility index (Phi) is 2.86. The second-order valence-corrected chi connectivity index (χ2v) is 3.97. The Hall–Kier alpha value is -1.56. The Morgan fingerprint density at radius 2 is 2.27 bits per heavy atom. The van der Waals surface area contributed by atoms with Crippen LogP contribution in [0.1, 0.15) is 24.8 Å². The van der Waals surface area contributed by atoms with Gasteiger partial charge in [0.1, 0.15) is 11.9 Å². The number of hydrogen-bond donors (Lipinski definition) is 1. The minimum absolute atomic E-state index is 0.0998. The molecule has 0 atom stereocenters. The Balaban J connectivity index is 1.90. The van der Waals surface area contributed by atoms with Gasteiger partial charge < -0.3 is 5.32 Å². The molecule has 0 bridgehead atoms. The van der Waals surface area contributed by atoms with Gasteiger partial charge >= 0.3 is 0 Å². The molecule has 0 amide bonds. The van der Waals surface area contributed by atoms with Crippen LogP contribution in [0.25, 0.3) is 0 Å². The third-order valence-electron chi connectivity index (χ3n) is 2.67. The zero-order valence-electron chi connectivity index (χ0n) is 8.46. The summed E-state index contributed by atoms with van der Waals surface area (Å²) in [7, 11) is 0. The zero-order chi connectivity index (χ0) is 10.7. The first kappa shape index (κ1) is 9.97. The maximum atomic E-state index is 13.2. The van der Waals surface area contributed by atoms with Gasteiger partial charge in [0.25, 0.3) is 0 Å². The molecule has 0 aliphatic heterocycles. The number of benzene rings is 1. The van der Waals surface area contributed by atoms with Gasteiger partial charge in [0.05, 0.1) is 5.56 Å². The molecule has 1 N–H and O–H groups in total. The predicted molar refractivity (Wildman–Crippen MR) is 56.9 cm³/mol. The highest BCUT2D eigenvalue weighted by atomic mass is 19.1. The first-order chi connectivity index (χ1) is 7.29. The lowest BCUT2D eigenvalue weighted by atomic mass is 10.2. The number of nitriles is 1. The van der Waals surface area contributed by atoms with E-state index in [1.807, 2.05) is 0 Å². The van der Waals surface area contributed by atoms with E-state index in [1.165, 1.54) is 25.0 Å². The highest BCUT2D eigenvalue weighted by Crippen LogP contribution is 2.32. The van der Waals surface area contributed by atoms with E-state index in [2.05, 4.69) is 5.32 Å². The maximum absolute atomic E-state index is 13.2. The summed E-state index contributed by atoms with van der Waals surface area (Å²) < 4.78 is 13.2. The van der Waals surface area contributed by atoms with Crippen molar-refractivity contribution >= 4 is 5.69 Å². The summed E-state index contributed by atoms with van der Waals surface area (Å²) >= 11 is 0. The van der Waals surface area contributed by atoms with Crippen molar-refractivity contribution < 1.29 is 4.39 Å². The van der Waals surface area contributed by atoms with Gasteiger partial charge in [0, 0.05) is 12.2 Å². The standard InChI is InChI=1S/C12H13FN2/c13-12-7-11(4-3-10(12)8-14)15-6-5-9-1-2-9/h3-4,7,9,15H,1-2,5-6H2. The van der Waals surface area contributed by atoms with Gasteiger partial charge in [0.2, 0.25) is 0 Å². The third kappa shape index (κ3) is 2.69. The quantitative estimate of drug-likeness (QED) is 0.818. The smallest absolute Gasteiger partial charge is 0.143 e. The first-order valence-electron chi connectivity index (χ1n) is 5.23. The summed E-state index contributed by atoms with van der Waals surface area (Å²) in [4.78, 5) is 0. The second-order valence-electron chi connectivity index (χ2n) is 3.97. The van der Waals surface area contributed by atoms with E-state index in [4.69, 9.17) is 5.26 Å². The van der Waals surface area contributed by atoms with Crippen LogP contribution in [0, 0.1) is 23.1 Å². The Labute approximate surface area is 88.7 Å². The molecule has 0 spiro atoms. The SMILES string of the molecule is N#Cc1ccc(NCCC2CC2)cc1F. The molecule has 2 rings (SSSR count). The summed E-state index contributed by atoms with van der Waals surface area (Å²) in [6.45, 7) is 0.885. The number of halogens is 1. The first-order valence-corrected chi connectivity index (χ1v) is 5.23. The minimum Gasteiger partial charge on any atom is -0.385 e. The minimum atomic E-state index is -0.450. The number of hydrogen-bond acceptors (Lipinski definition) is 2. The second kappa shape index (κ2) is 4.31. The lowest BCUT2D eigenvalue weighted by molar-refractivity contribution is 0.624. The van der Waals surface area contributed by atoms with Gasteiger partial charge in [0.15, 0.2) is 0 Å². The monoisotopic (exact) mass is 204 g/mol. The lowest BCUT2D eigenvalue weighted by Gasteiger charge is -2.05. The van der Waals surface area contributed by atoms with Gasteiger partial charge in [-0.15, -0.1) is 0 Å². The van der Waals surface area contributed by atoms with Crippen LogP contribution in [-0.4, -0.2) is 6.54 Å². The van der Waals surface area contributed by atoms with Crippen LogP contribution in [0.3, 0.4) is 0 Å². The van der Waals surface area contributed by atoms with Crippen LogP contribution in [0.5, 0.6) is 0 Å². The molecule has 1 fully saturated rings. The summed E-state index contributed by atoms with van der Waals surface area (Å²) in [5.41, 5.74) is 0.856. The highest BCUT2D eigenvalue weighted by molar-refractivity contribution is 5.48. The number of rotatable bonds is 4. The molecular weight excluding hydrogens is 191 g/mol. The Morgan fingerprint density at radius 3 is 2.87 bits per heavy atom. The molecular formula is C12H13FN2. The van der Waals surface area contributed by atoms with Crippen molar-refractivity contribution in [1.82, 2.24) is 0 Å². The molecule has 15 heavy (non-hydrogen) atoms. The fourth-order valence-electron chi connectivity index (χ4n) is 1.54. The molecule has 1 aliphatic carbocycles. The van der Waals surface area contributed by atoms with E-state index in [1.54, 1.807) is 12.1 Å². The molecule has 0 heterocycles. The van der Waals surface area contributed by atoms with Crippen LogP contribution >= 0.6 is 0 Å². The van der Waals surface area contributed by atoms with Gasteiger partial charge in [-0.2, -0.15) is 5.26 Å². The molecule has 1 aromatic rings. The summed E-state index contributed by atoms with van der Waals surface area (Å²) in [6.07, 6.45) is 3.83. The fraction of sp³-hybridized carbons (Fsp3) is 0.417. The summed E-state index contributed by atoms with van der Waals surface area (Å²) in [6, 6.07) is 6.44. The van der Waals surface area contributed by atoms with Crippen molar-refractivity contribution in [2.24, 2.45) is 5.92 Å². The van der Waals surface area contributed by atoms with Crippen molar-refractivity contribution in [3.8, 4) is 6.07 Å². The molecule has 3 heteroatoms. The van der Waals surface area contributed by atoms with E-state index in [-0.39, 0.29) is 5.56 Å². The largest absolute Gasteiger partial charge is 0.385 e. The lowest BCUT2D eigenvalue weighted by Crippen LogP contribution is -2.02. The van der Waals surface area contributed by atoms with Crippen molar-refractivity contribution in [2.45, 2.75) is 19.3 Å². The number of anilines is 1. The number of nitrogens with one attached hydrogen (secondary N) is 1. The van der Waals surface area contributed by atoms with E-state index < -0.39 is 5.82 Å². The normalized spacial score (nSPS) is 14.7. The topological polar surface area (TPSA) is 35.8 Å². The van der Waals surface area contributed by atoms with Crippen LogP contribution < -0.4 is 5.32 Å². The molecule has 0 saturated heterocycles. The molecule has 1 saturated carbocycles. The third-order valence-corrected chi connectivity index (χ3v) is 2.67. The molecule has 0 aromatic heterocycles. The van der Waals surface area contributed by atoms with Gasteiger partial charge in [-0.3, -0.25) is 0 Å². The molecule has 1 aliphatic rings. The van der Waals surface area contributed by atoms with Crippen molar-refractivity contribution in [3.63, 3.8) is 0 Å². The highest BCUT2D eigenvalue weighted by Gasteiger charge is 2.20. The zero-order valence-corrected chi connectivity index (χ0v) is 8.46. The molecule has 1 aromatic carbocycles. The van der Waals surface area contributed by atoms with E-state index in [9.17, 15) is 4.39 Å². The molecule has 78 valence electrons. The van der Waals surface area contributed by atoms with Crippen LogP contribution in [0.4, 0.5) is 10.1 Å². The van der Waals surface area contributed by atoms with Crippen molar-refractivity contribution in [3.05, 3.63) is 29.6 Å². The van der Waals surface area contributed by atoms with Crippen LogP contribution in [0.2, 0.25) is 0 Å². The van der Waals surface area contributed by atoms with E-state index in [0.717, 1.165) is 24.6 Å². The number of nitrogens with zero attached hydrogens (tertiary/aromatic N) is 1. The molecule has 2 nitrogen and oxygen atoms in total. The van der Waals surface area contributed by atoms with Gasteiger partial charge in [-0.1, -0.05) is 12.8 Å². The molecule has 0 unspecified atom stereocenters. The summed E-state index contributed by atoms with van der Waals surface area (Å²) in [5.74, 6) is 0.426. The van der Waals surface area contributed by atoms with Gasteiger partial charge in [-0.05, 0) is 30.5 Å².